The minimum absolute atomic E-state index is 0.128. The van der Waals surface area contributed by atoms with Crippen LogP contribution in [0.5, 0.6) is 0 Å². The molecule has 0 bridgehead atoms. The Balaban J connectivity index is 2.16. The third-order valence-corrected chi connectivity index (χ3v) is 4.32. The lowest BCUT2D eigenvalue weighted by atomic mass is 10.1. The van der Waals surface area contributed by atoms with Gasteiger partial charge in [-0.05, 0) is 23.8 Å². The summed E-state index contributed by atoms with van der Waals surface area (Å²) < 4.78 is 1.00. The second-order valence-corrected chi connectivity index (χ2v) is 6.48. The maximum absolute atomic E-state index is 12.3. The van der Waals surface area contributed by atoms with Crippen molar-refractivity contribution in [2.75, 3.05) is 33.7 Å². The van der Waals surface area contributed by atoms with Gasteiger partial charge in [0.2, 0.25) is 5.91 Å². The van der Waals surface area contributed by atoms with Crippen molar-refractivity contribution in [2.24, 2.45) is 0 Å². The number of rotatable bonds is 3. The van der Waals surface area contributed by atoms with Crippen molar-refractivity contribution in [3.8, 4) is 0 Å². The summed E-state index contributed by atoms with van der Waals surface area (Å²) in [6, 6.07) is 5.69. The van der Waals surface area contributed by atoms with Crippen LogP contribution in [0.3, 0.4) is 0 Å². The van der Waals surface area contributed by atoms with Crippen LogP contribution in [-0.2, 0) is 11.3 Å². The van der Waals surface area contributed by atoms with Crippen LogP contribution in [0.15, 0.2) is 22.7 Å². The van der Waals surface area contributed by atoms with Crippen LogP contribution in [0, 0.1) is 0 Å². The van der Waals surface area contributed by atoms with Crippen molar-refractivity contribution in [2.45, 2.75) is 12.6 Å². The molecule has 0 aliphatic carbocycles. The molecule has 0 spiro atoms. The van der Waals surface area contributed by atoms with Crippen molar-refractivity contribution in [3.63, 3.8) is 0 Å². The summed E-state index contributed by atoms with van der Waals surface area (Å²) >= 11 is 9.71. The SMILES string of the molecule is CN(C)C(=O)C1CNCCN1Cc1cc(Br)ccc1Cl. The van der Waals surface area contributed by atoms with Gasteiger partial charge in [0.15, 0.2) is 0 Å². The summed E-state index contributed by atoms with van der Waals surface area (Å²) in [5.41, 5.74) is 1.04. The second-order valence-electron chi connectivity index (χ2n) is 5.16. The zero-order valence-corrected chi connectivity index (χ0v) is 14.0. The third kappa shape index (κ3) is 3.73. The number of hydrogen-bond donors (Lipinski definition) is 1. The number of hydrogen-bond acceptors (Lipinski definition) is 3. The van der Waals surface area contributed by atoms with Crippen LogP contribution in [0.4, 0.5) is 0 Å². The van der Waals surface area contributed by atoms with E-state index in [0.717, 1.165) is 28.1 Å². The second kappa shape index (κ2) is 6.89. The van der Waals surface area contributed by atoms with Crippen molar-refractivity contribution in [1.82, 2.24) is 15.1 Å². The van der Waals surface area contributed by atoms with E-state index >= 15 is 0 Å². The number of nitrogens with zero attached hydrogens (tertiary/aromatic N) is 2. The van der Waals surface area contributed by atoms with Gasteiger partial charge in [0, 0.05) is 49.8 Å². The number of likely N-dealkylation sites (N-methyl/N-ethyl adjacent to an activating group) is 1. The number of amides is 1. The van der Waals surface area contributed by atoms with Crippen molar-refractivity contribution < 1.29 is 4.79 Å². The van der Waals surface area contributed by atoms with Gasteiger partial charge in [-0.3, -0.25) is 9.69 Å². The van der Waals surface area contributed by atoms with Crippen LogP contribution in [-0.4, -0.2) is 55.5 Å². The van der Waals surface area contributed by atoms with E-state index < -0.39 is 0 Å². The Morgan fingerprint density at radius 1 is 1.55 bits per heavy atom. The molecule has 1 heterocycles. The maximum Gasteiger partial charge on any atom is 0.240 e. The fourth-order valence-electron chi connectivity index (χ4n) is 2.36. The quantitative estimate of drug-likeness (QED) is 0.895. The van der Waals surface area contributed by atoms with Crippen LogP contribution in [0.25, 0.3) is 0 Å². The van der Waals surface area contributed by atoms with Crippen molar-refractivity contribution >= 4 is 33.4 Å². The van der Waals surface area contributed by atoms with Gasteiger partial charge in [-0.2, -0.15) is 0 Å². The van der Waals surface area contributed by atoms with Gasteiger partial charge in [0.05, 0.1) is 0 Å². The summed E-state index contributed by atoms with van der Waals surface area (Å²) in [5.74, 6) is 0.128. The lowest BCUT2D eigenvalue weighted by Gasteiger charge is -2.36. The van der Waals surface area contributed by atoms with Crippen LogP contribution >= 0.6 is 27.5 Å². The van der Waals surface area contributed by atoms with Gasteiger partial charge in [0.25, 0.3) is 0 Å². The molecule has 1 fully saturated rings. The molecule has 20 heavy (non-hydrogen) atoms. The molecule has 4 nitrogen and oxygen atoms in total. The first-order valence-electron chi connectivity index (χ1n) is 6.59. The average Bonchev–Trinajstić information content (AvgIpc) is 2.42. The molecule has 1 aliphatic rings. The van der Waals surface area contributed by atoms with E-state index in [-0.39, 0.29) is 11.9 Å². The summed E-state index contributed by atoms with van der Waals surface area (Å²) in [4.78, 5) is 16.1. The summed E-state index contributed by atoms with van der Waals surface area (Å²) in [6.07, 6.45) is 0. The minimum Gasteiger partial charge on any atom is -0.347 e. The molecule has 1 amide bonds. The number of halogens is 2. The topological polar surface area (TPSA) is 35.6 Å². The molecule has 0 radical (unpaired) electrons. The first-order valence-corrected chi connectivity index (χ1v) is 7.76. The summed E-state index contributed by atoms with van der Waals surface area (Å²) in [5, 5.41) is 4.02. The molecule has 1 unspecified atom stereocenters. The van der Waals surface area contributed by atoms with E-state index in [9.17, 15) is 4.79 Å². The molecule has 1 aromatic rings. The average molecular weight is 361 g/mol. The largest absolute Gasteiger partial charge is 0.347 e. The number of benzene rings is 1. The first-order chi connectivity index (χ1) is 9.49. The molecule has 1 aliphatic heterocycles. The lowest BCUT2D eigenvalue weighted by Crippen LogP contribution is -2.57. The highest BCUT2D eigenvalue weighted by Gasteiger charge is 2.29. The fourth-order valence-corrected chi connectivity index (χ4v) is 2.95. The highest BCUT2D eigenvalue weighted by molar-refractivity contribution is 9.10. The monoisotopic (exact) mass is 359 g/mol. The van der Waals surface area contributed by atoms with Crippen molar-refractivity contribution in [1.29, 1.82) is 0 Å². The molecule has 0 saturated carbocycles. The zero-order chi connectivity index (χ0) is 14.7. The highest BCUT2D eigenvalue weighted by Crippen LogP contribution is 2.23. The normalized spacial score (nSPS) is 19.9. The smallest absolute Gasteiger partial charge is 0.240 e. The molecule has 1 aromatic carbocycles. The van der Waals surface area contributed by atoms with Gasteiger partial charge in [-0.1, -0.05) is 27.5 Å². The first kappa shape index (κ1) is 15.8. The lowest BCUT2D eigenvalue weighted by molar-refractivity contribution is -0.135. The minimum atomic E-state index is -0.131. The predicted molar refractivity (Wildman–Crippen MR) is 84.9 cm³/mol. The molecule has 110 valence electrons. The Hall–Kier alpha value is -0.620. The highest BCUT2D eigenvalue weighted by atomic mass is 79.9. The van der Waals surface area contributed by atoms with E-state index in [0.29, 0.717) is 13.1 Å². The van der Waals surface area contributed by atoms with Gasteiger partial charge in [-0.25, -0.2) is 0 Å². The Bertz CT molecular complexity index is 495. The summed E-state index contributed by atoms with van der Waals surface area (Å²) in [6.45, 7) is 3.10. The van der Waals surface area contributed by atoms with Crippen molar-refractivity contribution in [3.05, 3.63) is 33.3 Å². The van der Waals surface area contributed by atoms with E-state index in [2.05, 4.69) is 26.1 Å². The maximum atomic E-state index is 12.3. The number of nitrogens with one attached hydrogen (secondary N) is 1. The van der Waals surface area contributed by atoms with E-state index in [1.165, 1.54) is 0 Å². The third-order valence-electron chi connectivity index (χ3n) is 3.46. The Morgan fingerprint density at radius 2 is 2.30 bits per heavy atom. The van der Waals surface area contributed by atoms with Crippen LogP contribution in [0.1, 0.15) is 5.56 Å². The fraction of sp³-hybridized carbons (Fsp3) is 0.500. The number of carbonyl (C=O) groups excluding carboxylic acids is 1. The molecule has 6 heteroatoms. The van der Waals surface area contributed by atoms with Gasteiger partial charge in [0.1, 0.15) is 6.04 Å². The molecule has 2 rings (SSSR count). The Morgan fingerprint density at radius 3 is 3.00 bits per heavy atom. The molecular weight excluding hydrogens is 342 g/mol. The molecular formula is C14H19BrClN3O. The Labute approximate surface area is 133 Å². The standard InChI is InChI=1S/C14H19BrClN3O/c1-18(2)14(20)13-8-17-5-6-19(13)9-10-7-11(15)3-4-12(10)16/h3-4,7,13,17H,5-6,8-9H2,1-2H3. The van der Waals surface area contributed by atoms with E-state index in [1.54, 1.807) is 19.0 Å². The van der Waals surface area contributed by atoms with E-state index in [1.807, 2.05) is 18.2 Å². The van der Waals surface area contributed by atoms with Gasteiger partial charge < -0.3 is 10.2 Å². The van der Waals surface area contributed by atoms with E-state index in [4.69, 9.17) is 11.6 Å². The summed E-state index contributed by atoms with van der Waals surface area (Å²) in [7, 11) is 3.59. The van der Waals surface area contributed by atoms with Crippen LogP contribution in [0.2, 0.25) is 5.02 Å². The molecule has 1 N–H and O–H groups in total. The molecule has 1 saturated heterocycles. The van der Waals surface area contributed by atoms with Gasteiger partial charge >= 0.3 is 0 Å². The number of piperazine rings is 1. The zero-order valence-electron chi connectivity index (χ0n) is 11.7. The number of carbonyl (C=O) groups is 1. The van der Waals surface area contributed by atoms with Crippen LogP contribution < -0.4 is 5.32 Å². The van der Waals surface area contributed by atoms with Gasteiger partial charge in [-0.15, -0.1) is 0 Å². The Kier molecular flexibility index (Phi) is 5.43. The predicted octanol–water partition coefficient (Wildman–Crippen LogP) is 1.96. The molecule has 1 atom stereocenters. The molecule has 0 aromatic heterocycles.